The molecule has 12 nitrogen and oxygen atoms in total. The number of aromatic nitrogens is 2. The van der Waals surface area contributed by atoms with Crippen molar-refractivity contribution in [3.63, 3.8) is 0 Å². The Morgan fingerprint density at radius 1 is 1.30 bits per heavy atom. The van der Waals surface area contributed by atoms with E-state index in [9.17, 15) is 27.7 Å². The van der Waals surface area contributed by atoms with Gasteiger partial charge in [-0.1, -0.05) is 6.92 Å². The molecule has 0 bridgehead atoms. The fourth-order valence-electron chi connectivity index (χ4n) is 4.09. The number of amides is 1. The molecule has 2 heterocycles. The largest absolute Gasteiger partial charge is 0.437 e. The Kier molecular flexibility index (Phi) is 8.81. The van der Waals surface area contributed by atoms with Gasteiger partial charge in [-0.05, 0) is 63.4 Å². The lowest BCUT2D eigenvalue weighted by atomic mass is 10.2. The van der Waals surface area contributed by atoms with Gasteiger partial charge in [0.05, 0.1) is 16.7 Å². The molecule has 3 aromatic rings. The maximum Gasteiger partial charge on any atom is 0.272 e. The average molecular weight is 576 g/mol. The van der Waals surface area contributed by atoms with Crippen LogP contribution in [-0.2, 0) is 14.8 Å². The number of halogens is 1. The molecule has 4 rings (SSSR count). The first-order chi connectivity index (χ1) is 19.0. The molecule has 2 atom stereocenters. The van der Waals surface area contributed by atoms with Crippen molar-refractivity contribution in [3.05, 3.63) is 69.7 Å². The van der Waals surface area contributed by atoms with Gasteiger partial charge in [-0.3, -0.25) is 14.9 Å². The smallest absolute Gasteiger partial charge is 0.272 e. The molecule has 1 aliphatic rings. The molecule has 2 aromatic carbocycles. The quantitative estimate of drug-likeness (QED) is 0.257. The van der Waals surface area contributed by atoms with Gasteiger partial charge in [-0.15, -0.1) is 0 Å². The maximum absolute atomic E-state index is 13.7. The predicted octanol–water partition coefficient (Wildman–Crippen LogP) is 4.01. The summed E-state index contributed by atoms with van der Waals surface area (Å²) in [5.41, 5.74) is 0.156. The van der Waals surface area contributed by atoms with Crippen LogP contribution in [0.1, 0.15) is 49.2 Å². The minimum Gasteiger partial charge on any atom is -0.437 e. The zero-order chi connectivity index (χ0) is 29.0. The fraction of sp³-hybridized carbons (Fsp3) is 0.385. The number of sulfonamides is 1. The maximum atomic E-state index is 13.7. The summed E-state index contributed by atoms with van der Waals surface area (Å²) in [6, 6.07) is 7.96. The highest BCUT2D eigenvalue weighted by Crippen LogP contribution is 2.36. The Hall–Kier alpha value is -3.88. The van der Waals surface area contributed by atoms with E-state index in [2.05, 4.69) is 15.1 Å². The number of rotatable bonds is 11. The van der Waals surface area contributed by atoms with Crippen LogP contribution in [0.5, 0.6) is 11.6 Å². The number of hydrogen-bond donors (Lipinski definition) is 2. The molecule has 1 amide bonds. The number of hydrogen-bond acceptors (Lipinski definition) is 8. The van der Waals surface area contributed by atoms with E-state index in [0.717, 1.165) is 25.0 Å². The first-order valence-electron chi connectivity index (χ1n) is 12.7. The fourth-order valence-corrected chi connectivity index (χ4v) is 5.56. The number of benzene rings is 2. The predicted molar refractivity (Wildman–Crippen MR) is 143 cm³/mol. The lowest BCUT2D eigenvalue weighted by molar-refractivity contribution is -0.385. The Labute approximate surface area is 230 Å². The second-order valence-electron chi connectivity index (χ2n) is 9.43. The Morgan fingerprint density at radius 2 is 2.02 bits per heavy atom. The second kappa shape index (κ2) is 12.1. The Balaban J connectivity index is 1.78. The van der Waals surface area contributed by atoms with Crippen molar-refractivity contribution in [2.24, 2.45) is 0 Å². The number of carbonyl (C=O) groups excluding carboxylic acids is 1. The molecule has 1 fully saturated rings. The monoisotopic (exact) mass is 575 g/mol. The molecule has 0 spiro atoms. The van der Waals surface area contributed by atoms with Crippen LogP contribution in [0.15, 0.2) is 47.4 Å². The lowest BCUT2D eigenvalue weighted by Crippen LogP contribution is -2.32. The van der Waals surface area contributed by atoms with Crippen LogP contribution in [0.2, 0.25) is 0 Å². The zero-order valence-corrected chi connectivity index (χ0v) is 23.0. The van der Waals surface area contributed by atoms with Gasteiger partial charge in [0.1, 0.15) is 16.5 Å². The first-order valence-corrected chi connectivity index (χ1v) is 14.2. The number of nitrogens with zero attached hydrogens (tertiary/aromatic N) is 3. The van der Waals surface area contributed by atoms with E-state index in [1.165, 1.54) is 35.0 Å². The molecule has 14 heteroatoms. The van der Waals surface area contributed by atoms with E-state index in [0.29, 0.717) is 18.7 Å². The van der Waals surface area contributed by atoms with E-state index >= 15 is 0 Å². The van der Waals surface area contributed by atoms with E-state index in [1.807, 2.05) is 0 Å². The molecule has 0 saturated carbocycles. The van der Waals surface area contributed by atoms with Gasteiger partial charge in [-0.25, -0.2) is 17.5 Å². The third kappa shape index (κ3) is 6.46. The molecule has 0 radical (unpaired) electrons. The molecular formula is C26H30FN5O7S. The van der Waals surface area contributed by atoms with E-state index < -0.39 is 43.3 Å². The summed E-state index contributed by atoms with van der Waals surface area (Å²) in [6.45, 7) is 5.92. The second-order valence-corrected chi connectivity index (χ2v) is 11.1. The Bertz CT molecular complexity index is 1500. The van der Waals surface area contributed by atoms with Gasteiger partial charge in [0.25, 0.3) is 11.6 Å². The molecule has 0 unspecified atom stereocenters. The number of nitro groups is 1. The third-order valence-electron chi connectivity index (χ3n) is 6.47. The summed E-state index contributed by atoms with van der Waals surface area (Å²) in [7, 11) is -4.25. The molecule has 1 aliphatic heterocycles. The molecule has 214 valence electrons. The molecule has 0 aliphatic carbocycles. The lowest BCUT2D eigenvalue weighted by Gasteiger charge is -2.16. The van der Waals surface area contributed by atoms with Crippen LogP contribution in [0.3, 0.4) is 0 Å². The van der Waals surface area contributed by atoms with Crippen molar-refractivity contribution in [1.82, 2.24) is 19.8 Å². The van der Waals surface area contributed by atoms with Crippen LogP contribution >= 0.6 is 0 Å². The van der Waals surface area contributed by atoms with Crippen LogP contribution in [-0.4, -0.2) is 54.3 Å². The summed E-state index contributed by atoms with van der Waals surface area (Å²) in [5, 5.41) is 18.6. The summed E-state index contributed by atoms with van der Waals surface area (Å²) in [4.78, 5) is 23.4. The van der Waals surface area contributed by atoms with E-state index in [4.69, 9.17) is 9.47 Å². The van der Waals surface area contributed by atoms with E-state index in [-0.39, 0.29) is 35.5 Å². The average Bonchev–Trinajstić information content (AvgIpc) is 3.56. The highest BCUT2D eigenvalue weighted by molar-refractivity contribution is 7.89. The van der Waals surface area contributed by atoms with Crippen LogP contribution in [0.25, 0.3) is 5.69 Å². The van der Waals surface area contributed by atoms with Crippen LogP contribution in [0, 0.1) is 22.9 Å². The summed E-state index contributed by atoms with van der Waals surface area (Å²) < 4.78 is 55.5. The molecule has 2 N–H and O–H groups in total. The van der Waals surface area contributed by atoms with Crippen molar-refractivity contribution in [3.8, 4) is 17.3 Å². The van der Waals surface area contributed by atoms with Crippen LogP contribution in [0.4, 0.5) is 10.1 Å². The van der Waals surface area contributed by atoms with Crippen molar-refractivity contribution in [2.45, 2.75) is 57.1 Å². The van der Waals surface area contributed by atoms with Gasteiger partial charge in [0.2, 0.25) is 15.9 Å². The van der Waals surface area contributed by atoms with Gasteiger partial charge >= 0.3 is 0 Å². The number of ether oxygens (including phenoxy) is 2. The molecule has 1 saturated heterocycles. The third-order valence-corrected chi connectivity index (χ3v) is 8.08. The zero-order valence-electron chi connectivity index (χ0n) is 22.2. The Morgan fingerprint density at radius 3 is 2.65 bits per heavy atom. The van der Waals surface area contributed by atoms with Gasteiger partial charge in [-0.2, -0.15) is 9.78 Å². The highest BCUT2D eigenvalue weighted by atomic mass is 32.2. The topological polar surface area (TPSA) is 155 Å². The highest BCUT2D eigenvalue weighted by Gasteiger charge is 2.29. The minimum absolute atomic E-state index is 0.00127. The molecule has 40 heavy (non-hydrogen) atoms. The number of nitrogens with one attached hydrogen (secondary N) is 2. The van der Waals surface area contributed by atoms with Gasteiger partial charge < -0.3 is 14.8 Å². The normalized spacial score (nSPS) is 16.1. The van der Waals surface area contributed by atoms with Crippen LogP contribution < -0.4 is 14.8 Å². The first kappa shape index (κ1) is 29.1. The van der Waals surface area contributed by atoms with E-state index in [1.54, 1.807) is 20.8 Å². The molecule has 1 aromatic heterocycles. The number of carbonyl (C=O) groups is 1. The van der Waals surface area contributed by atoms with Crippen molar-refractivity contribution in [2.75, 3.05) is 13.2 Å². The van der Waals surface area contributed by atoms with Gasteiger partial charge in [0.15, 0.2) is 5.69 Å². The summed E-state index contributed by atoms with van der Waals surface area (Å²) >= 11 is 0. The summed E-state index contributed by atoms with van der Waals surface area (Å²) in [6.07, 6.45) is 2.10. The standard InChI is InChI=1S/C26H30FN5O7S/c1-4-16(2)30-40(36,37)23-14-20(32(34)35)11-12-22(23)39-26-17(3)24(25(33)28-15-21-6-5-13-38-21)29-31(26)19-9-7-18(27)8-10-19/h7-12,14,16,21,30H,4-6,13,15H2,1-3H3,(H,28,33)/t16-,21+/m1/s1. The van der Waals surface area contributed by atoms with Crippen molar-refractivity contribution in [1.29, 1.82) is 0 Å². The SMILES string of the molecule is CC[C@@H](C)NS(=O)(=O)c1cc([N+](=O)[O-])ccc1Oc1c(C)c(C(=O)NC[C@@H]2CCCO2)nn1-c1ccc(F)cc1. The van der Waals surface area contributed by atoms with Crippen molar-refractivity contribution < 1.29 is 32.0 Å². The minimum atomic E-state index is -4.25. The van der Waals surface area contributed by atoms with Crippen molar-refractivity contribution >= 4 is 21.6 Å². The number of nitro benzene ring substituents is 1. The van der Waals surface area contributed by atoms with Gasteiger partial charge in [0, 0.05) is 36.9 Å². The molecular weight excluding hydrogens is 545 g/mol. The number of non-ortho nitro benzene ring substituents is 1. The summed E-state index contributed by atoms with van der Waals surface area (Å²) in [5.74, 6) is -1.25.